The molecule has 1 atom stereocenters. The van der Waals surface area contributed by atoms with Crippen LogP contribution in [-0.2, 0) is 0 Å². The minimum absolute atomic E-state index is 0.126. The quantitative estimate of drug-likeness (QED) is 0.826. The fourth-order valence-electron chi connectivity index (χ4n) is 2.09. The van der Waals surface area contributed by atoms with E-state index in [9.17, 15) is 0 Å². The lowest BCUT2D eigenvalue weighted by atomic mass is 10.1. The predicted octanol–water partition coefficient (Wildman–Crippen LogP) is 4.77. The number of nitrogens with zero attached hydrogens (tertiary/aromatic N) is 1. The van der Waals surface area contributed by atoms with Crippen molar-refractivity contribution < 1.29 is 0 Å². The maximum atomic E-state index is 6.24. The Morgan fingerprint density at radius 2 is 1.79 bits per heavy atom. The van der Waals surface area contributed by atoms with E-state index in [1.165, 1.54) is 0 Å². The number of para-hydroxylation sites is 1. The molecule has 2 aromatic carbocycles. The Morgan fingerprint density at radius 1 is 1.11 bits per heavy atom. The van der Waals surface area contributed by atoms with Gasteiger partial charge in [-0.2, -0.15) is 0 Å². The van der Waals surface area contributed by atoms with Gasteiger partial charge in [0.15, 0.2) is 0 Å². The number of halogens is 2. The van der Waals surface area contributed by atoms with E-state index >= 15 is 0 Å². The Labute approximate surface area is 123 Å². The highest BCUT2D eigenvalue weighted by molar-refractivity contribution is 6.34. The topological polar surface area (TPSA) is 29.3 Å². The van der Waals surface area contributed by atoms with Gasteiger partial charge in [0, 0.05) is 12.1 Å². The molecular formula is C15H16Cl2N2. The van der Waals surface area contributed by atoms with Crippen molar-refractivity contribution in [2.75, 3.05) is 17.7 Å². The summed E-state index contributed by atoms with van der Waals surface area (Å²) in [6.07, 6.45) is 0. The second kappa shape index (κ2) is 5.72. The molecular weight excluding hydrogens is 279 g/mol. The van der Waals surface area contributed by atoms with E-state index in [0.717, 1.165) is 16.3 Å². The fraction of sp³-hybridized carbons (Fsp3) is 0.200. The molecule has 2 aromatic rings. The summed E-state index contributed by atoms with van der Waals surface area (Å²) in [7, 11) is 1.98. The molecule has 2 rings (SSSR count). The highest BCUT2D eigenvalue weighted by Crippen LogP contribution is 2.36. The summed E-state index contributed by atoms with van der Waals surface area (Å²) < 4.78 is 0. The van der Waals surface area contributed by atoms with E-state index < -0.39 is 0 Å². The predicted molar refractivity (Wildman–Crippen MR) is 84.1 cm³/mol. The van der Waals surface area contributed by atoms with Gasteiger partial charge in [-0.3, -0.25) is 0 Å². The number of nitrogens with two attached hydrogens (primary N) is 1. The van der Waals surface area contributed by atoms with E-state index in [2.05, 4.69) is 11.8 Å². The molecule has 100 valence electrons. The van der Waals surface area contributed by atoms with Gasteiger partial charge in [-0.15, -0.1) is 0 Å². The zero-order chi connectivity index (χ0) is 14.0. The standard InChI is InChI=1S/C15H16Cl2N2/c1-10(11-5-3-6-12(16)9-11)19(2)15-13(17)7-4-8-14(15)18/h3-10H,18H2,1-2H3. The van der Waals surface area contributed by atoms with Crippen LogP contribution < -0.4 is 10.6 Å². The third-order valence-electron chi connectivity index (χ3n) is 3.28. The molecule has 0 heterocycles. The van der Waals surface area contributed by atoms with Crippen molar-refractivity contribution in [1.82, 2.24) is 0 Å². The molecule has 1 unspecified atom stereocenters. The second-order valence-corrected chi connectivity index (χ2v) is 5.36. The van der Waals surface area contributed by atoms with Crippen molar-refractivity contribution >= 4 is 34.6 Å². The molecule has 0 radical (unpaired) electrons. The number of rotatable bonds is 3. The van der Waals surface area contributed by atoms with Gasteiger partial charge >= 0.3 is 0 Å². The summed E-state index contributed by atoms with van der Waals surface area (Å²) in [5.74, 6) is 0. The van der Waals surface area contributed by atoms with Crippen molar-refractivity contribution in [2.45, 2.75) is 13.0 Å². The van der Waals surface area contributed by atoms with Crippen LogP contribution in [0.1, 0.15) is 18.5 Å². The molecule has 0 aliphatic heterocycles. The smallest absolute Gasteiger partial charge is 0.0791 e. The summed E-state index contributed by atoms with van der Waals surface area (Å²) in [5, 5.41) is 1.38. The molecule has 2 nitrogen and oxygen atoms in total. The monoisotopic (exact) mass is 294 g/mol. The first-order chi connectivity index (χ1) is 9.00. The number of nitrogen functional groups attached to an aromatic ring is 1. The van der Waals surface area contributed by atoms with Crippen molar-refractivity contribution in [3.63, 3.8) is 0 Å². The summed E-state index contributed by atoms with van der Waals surface area (Å²) in [5.41, 5.74) is 8.65. The average Bonchev–Trinajstić information content (AvgIpc) is 2.37. The van der Waals surface area contributed by atoms with Crippen LogP contribution in [0.25, 0.3) is 0 Å². The van der Waals surface area contributed by atoms with Crippen LogP contribution in [0, 0.1) is 0 Å². The molecule has 4 heteroatoms. The van der Waals surface area contributed by atoms with Crippen LogP contribution in [0.15, 0.2) is 42.5 Å². The minimum atomic E-state index is 0.126. The SMILES string of the molecule is CC(c1cccc(Cl)c1)N(C)c1c(N)cccc1Cl. The summed E-state index contributed by atoms with van der Waals surface area (Å²) in [4.78, 5) is 2.06. The van der Waals surface area contributed by atoms with Gasteiger partial charge in [0.2, 0.25) is 0 Å². The molecule has 0 aliphatic rings. The third-order valence-corrected chi connectivity index (χ3v) is 3.82. The van der Waals surface area contributed by atoms with E-state index in [1.807, 2.05) is 49.5 Å². The Kier molecular flexibility index (Phi) is 4.23. The molecule has 0 aliphatic carbocycles. The number of hydrogen-bond acceptors (Lipinski definition) is 2. The van der Waals surface area contributed by atoms with Crippen LogP contribution >= 0.6 is 23.2 Å². The van der Waals surface area contributed by atoms with Gasteiger partial charge in [0.25, 0.3) is 0 Å². The summed E-state index contributed by atoms with van der Waals surface area (Å²) >= 11 is 12.3. The molecule has 0 aromatic heterocycles. The van der Waals surface area contributed by atoms with Gasteiger partial charge in [-0.25, -0.2) is 0 Å². The van der Waals surface area contributed by atoms with Gasteiger partial charge in [0.05, 0.1) is 22.4 Å². The normalized spacial score (nSPS) is 12.2. The largest absolute Gasteiger partial charge is 0.397 e. The fourth-order valence-corrected chi connectivity index (χ4v) is 2.60. The van der Waals surface area contributed by atoms with Crippen LogP contribution in [0.3, 0.4) is 0 Å². The lowest BCUT2D eigenvalue weighted by Gasteiger charge is -2.29. The number of benzene rings is 2. The lowest BCUT2D eigenvalue weighted by molar-refractivity contribution is 0.741. The van der Waals surface area contributed by atoms with Gasteiger partial charge < -0.3 is 10.6 Å². The van der Waals surface area contributed by atoms with Gasteiger partial charge in [-0.05, 0) is 36.8 Å². The number of anilines is 2. The molecule has 0 amide bonds. The molecule has 0 saturated carbocycles. The zero-order valence-corrected chi connectivity index (χ0v) is 12.4. The Hall–Kier alpha value is -1.38. The van der Waals surface area contributed by atoms with Crippen LogP contribution in [0.2, 0.25) is 10.0 Å². The summed E-state index contributed by atoms with van der Waals surface area (Å²) in [6, 6.07) is 13.5. The molecule has 0 fully saturated rings. The first kappa shape index (κ1) is 14.0. The average molecular weight is 295 g/mol. The van der Waals surface area contributed by atoms with Crippen molar-refractivity contribution in [2.24, 2.45) is 0 Å². The highest BCUT2D eigenvalue weighted by Gasteiger charge is 2.17. The third kappa shape index (κ3) is 2.96. The highest BCUT2D eigenvalue weighted by atomic mass is 35.5. The first-order valence-corrected chi connectivity index (χ1v) is 6.78. The Bertz CT molecular complexity index is 564. The van der Waals surface area contributed by atoms with E-state index in [0.29, 0.717) is 10.7 Å². The molecule has 2 N–H and O–H groups in total. The van der Waals surface area contributed by atoms with E-state index in [1.54, 1.807) is 0 Å². The molecule has 0 bridgehead atoms. The summed E-state index contributed by atoms with van der Waals surface area (Å²) in [6.45, 7) is 2.09. The minimum Gasteiger partial charge on any atom is -0.397 e. The van der Waals surface area contributed by atoms with Crippen LogP contribution in [0.5, 0.6) is 0 Å². The molecule has 0 spiro atoms. The van der Waals surface area contributed by atoms with Gasteiger partial charge in [-0.1, -0.05) is 41.4 Å². The Morgan fingerprint density at radius 3 is 2.42 bits per heavy atom. The van der Waals surface area contributed by atoms with Crippen molar-refractivity contribution in [1.29, 1.82) is 0 Å². The maximum Gasteiger partial charge on any atom is 0.0791 e. The molecule has 19 heavy (non-hydrogen) atoms. The van der Waals surface area contributed by atoms with E-state index in [4.69, 9.17) is 28.9 Å². The Balaban J connectivity index is 2.36. The van der Waals surface area contributed by atoms with Crippen molar-refractivity contribution in [3.05, 3.63) is 58.1 Å². The molecule has 0 saturated heterocycles. The zero-order valence-electron chi connectivity index (χ0n) is 10.9. The second-order valence-electron chi connectivity index (χ2n) is 4.52. The van der Waals surface area contributed by atoms with Crippen molar-refractivity contribution in [3.8, 4) is 0 Å². The lowest BCUT2D eigenvalue weighted by Crippen LogP contribution is -2.23. The number of hydrogen-bond donors (Lipinski definition) is 1. The van der Waals surface area contributed by atoms with Crippen LogP contribution in [0.4, 0.5) is 11.4 Å². The maximum absolute atomic E-state index is 6.24. The first-order valence-electron chi connectivity index (χ1n) is 6.03. The van der Waals surface area contributed by atoms with Crippen LogP contribution in [-0.4, -0.2) is 7.05 Å². The van der Waals surface area contributed by atoms with Gasteiger partial charge in [0.1, 0.15) is 0 Å². The van der Waals surface area contributed by atoms with E-state index in [-0.39, 0.29) is 6.04 Å².